The van der Waals surface area contributed by atoms with Crippen LogP contribution in [0.4, 0.5) is 5.82 Å². The average Bonchev–Trinajstić information content (AvgIpc) is 2.90. The number of anilines is 1. The summed E-state index contributed by atoms with van der Waals surface area (Å²) in [6.07, 6.45) is 3.95. The number of hydrogen-bond donors (Lipinski definition) is 1. The molecule has 3 heterocycles. The van der Waals surface area contributed by atoms with E-state index in [1.54, 1.807) is 4.68 Å². The Labute approximate surface area is 105 Å². The second-order valence-electron chi connectivity index (χ2n) is 4.30. The summed E-state index contributed by atoms with van der Waals surface area (Å²) >= 11 is 0. The van der Waals surface area contributed by atoms with Crippen molar-refractivity contribution in [2.75, 3.05) is 5.32 Å². The standard InChI is InChI=1S/C13H15N5/c1-10-11(9-14-12-6-8-17(2)16-12)18-7-4-3-5-13(18)15-10/h3-8H,9H2,1-2H3,(H,14,16). The van der Waals surface area contributed by atoms with E-state index in [0.717, 1.165) is 22.9 Å². The summed E-state index contributed by atoms with van der Waals surface area (Å²) in [5, 5.41) is 7.60. The van der Waals surface area contributed by atoms with Gasteiger partial charge in [0.25, 0.3) is 0 Å². The third-order valence-electron chi connectivity index (χ3n) is 2.98. The van der Waals surface area contributed by atoms with Crippen molar-refractivity contribution in [3.63, 3.8) is 0 Å². The van der Waals surface area contributed by atoms with Crippen molar-refractivity contribution >= 4 is 11.5 Å². The van der Waals surface area contributed by atoms with Gasteiger partial charge in [0.05, 0.1) is 17.9 Å². The molecule has 3 rings (SSSR count). The number of fused-ring (bicyclic) bond motifs is 1. The Balaban J connectivity index is 1.88. The Bertz CT molecular complexity index is 680. The Hall–Kier alpha value is -2.30. The molecule has 0 bridgehead atoms. The summed E-state index contributed by atoms with van der Waals surface area (Å²) in [5.74, 6) is 0.878. The van der Waals surface area contributed by atoms with Gasteiger partial charge in [0.15, 0.2) is 0 Å². The van der Waals surface area contributed by atoms with Crippen molar-refractivity contribution in [1.29, 1.82) is 0 Å². The third-order valence-corrected chi connectivity index (χ3v) is 2.98. The molecule has 92 valence electrons. The van der Waals surface area contributed by atoms with Gasteiger partial charge in [-0.3, -0.25) is 4.68 Å². The highest BCUT2D eigenvalue weighted by molar-refractivity contribution is 5.44. The van der Waals surface area contributed by atoms with Crippen LogP contribution in [0.5, 0.6) is 0 Å². The van der Waals surface area contributed by atoms with E-state index in [-0.39, 0.29) is 0 Å². The molecule has 0 saturated heterocycles. The van der Waals surface area contributed by atoms with Crippen LogP contribution in [0.15, 0.2) is 36.7 Å². The summed E-state index contributed by atoms with van der Waals surface area (Å²) in [6, 6.07) is 7.98. The zero-order valence-electron chi connectivity index (χ0n) is 10.5. The molecule has 0 radical (unpaired) electrons. The summed E-state index contributed by atoms with van der Waals surface area (Å²) < 4.78 is 3.88. The fourth-order valence-electron chi connectivity index (χ4n) is 2.06. The highest BCUT2D eigenvalue weighted by Gasteiger charge is 2.07. The predicted molar refractivity (Wildman–Crippen MR) is 70.5 cm³/mol. The Morgan fingerprint density at radius 2 is 2.11 bits per heavy atom. The maximum absolute atomic E-state index is 4.53. The molecule has 3 aromatic rings. The van der Waals surface area contributed by atoms with Gasteiger partial charge in [-0.05, 0) is 19.1 Å². The number of imidazole rings is 1. The first kappa shape index (κ1) is 10.8. The predicted octanol–water partition coefficient (Wildman–Crippen LogP) is 1.99. The van der Waals surface area contributed by atoms with Gasteiger partial charge < -0.3 is 9.72 Å². The second kappa shape index (κ2) is 4.18. The van der Waals surface area contributed by atoms with Crippen LogP contribution in [-0.2, 0) is 13.6 Å². The first-order valence-corrected chi connectivity index (χ1v) is 5.90. The van der Waals surface area contributed by atoms with Gasteiger partial charge in [0.1, 0.15) is 11.5 Å². The highest BCUT2D eigenvalue weighted by Crippen LogP contribution is 2.13. The maximum Gasteiger partial charge on any atom is 0.148 e. The molecule has 0 fully saturated rings. The number of pyridine rings is 1. The minimum atomic E-state index is 0.716. The van der Waals surface area contributed by atoms with E-state index < -0.39 is 0 Å². The van der Waals surface area contributed by atoms with Crippen LogP contribution >= 0.6 is 0 Å². The molecule has 5 nitrogen and oxygen atoms in total. The SMILES string of the molecule is Cc1nc2ccccn2c1CNc1ccn(C)n1. The summed E-state index contributed by atoms with van der Waals surface area (Å²) in [7, 11) is 1.91. The average molecular weight is 241 g/mol. The number of hydrogen-bond acceptors (Lipinski definition) is 3. The van der Waals surface area contributed by atoms with Gasteiger partial charge in [0.2, 0.25) is 0 Å². The van der Waals surface area contributed by atoms with Crippen LogP contribution in [0.3, 0.4) is 0 Å². The van der Waals surface area contributed by atoms with Crippen molar-refractivity contribution < 1.29 is 0 Å². The first-order chi connectivity index (χ1) is 8.74. The summed E-state index contributed by atoms with van der Waals surface area (Å²) in [4.78, 5) is 4.53. The molecule has 0 aliphatic heterocycles. The third kappa shape index (κ3) is 1.84. The van der Waals surface area contributed by atoms with Crippen molar-refractivity contribution in [3.8, 4) is 0 Å². The molecule has 0 aliphatic rings. The topological polar surface area (TPSA) is 47.1 Å². The van der Waals surface area contributed by atoms with Crippen LogP contribution in [-0.4, -0.2) is 19.2 Å². The van der Waals surface area contributed by atoms with E-state index in [4.69, 9.17) is 0 Å². The lowest BCUT2D eigenvalue weighted by molar-refractivity contribution is 0.767. The van der Waals surface area contributed by atoms with Gasteiger partial charge >= 0.3 is 0 Å². The first-order valence-electron chi connectivity index (χ1n) is 5.90. The van der Waals surface area contributed by atoms with Crippen LogP contribution in [0.2, 0.25) is 0 Å². The molecule has 0 spiro atoms. The molecule has 0 saturated carbocycles. The molecule has 0 unspecified atom stereocenters. The van der Waals surface area contributed by atoms with Crippen molar-refractivity contribution in [3.05, 3.63) is 48.0 Å². The number of aromatic nitrogens is 4. The van der Waals surface area contributed by atoms with Gasteiger partial charge in [0, 0.05) is 25.5 Å². The lowest BCUT2D eigenvalue weighted by Crippen LogP contribution is -2.04. The molecule has 3 aromatic heterocycles. The van der Waals surface area contributed by atoms with Gasteiger partial charge in [-0.2, -0.15) is 5.10 Å². The number of aryl methyl sites for hydroxylation is 2. The number of nitrogens with zero attached hydrogens (tertiary/aromatic N) is 4. The van der Waals surface area contributed by atoms with Crippen LogP contribution < -0.4 is 5.32 Å². The van der Waals surface area contributed by atoms with E-state index in [9.17, 15) is 0 Å². The van der Waals surface area contributed by atoms with Crippen LogP contribution in [0.25, 0.3) is 5.65 Å². The minimum Gasteiger partial charge on any atom is -0.363 e. The zero-order chi connectivity index (χ0) is 12.5. The summed E-state index contributed by atoms with van der Waals surface area (Å²) in [6.45, 7) is 2.75. The largest absolute Gasteiger partial charge is 0.363 e. The highest BCUT2D eigenvalue weighted by atomic mass is 15.3. The molecule has 0 amide bonds. The quantitative estimate of drug-likeness (QED) is 0.762. The second-order valence-corrected chi connectivity index (χ2v) is 4.30. The van der Waals surface area contributed by atoms with E-state index >= 15 is 0 Å². The smallest absolute Gasteiger partial charge is 0.148 e. The van der Waals surface area contributed by atoms with Crippen LogP contribution in [0.1, 0.15) is 11.4 Å². The Morgan fingerprint density at radius 3 is 2.89 bits per heavy atom. The van der Waals surface area contributed by atoms with Crippen molar-refractivity contribution in [2.45, 2.75) is 13.5 Å². The van der Waals surface area contributed by atoms with Crippen molar-refractivity contribution in [1.82, 2.24) is 19.2 Å². The molecular formula is C13H15N5. The molecular weight excluding hydrogens is 226 g/mol. The van der Waals surface area contributed by atoms with E-state index in [1.807, 2.05) is 50.6 Å². The molecule has 18 heavy (non-hydrogen) atoms. The van der Waals surface area contributed by atoms with E-state index in [0.29, 0.717) is 6.54 Å². The van der Waals surface area contributed by atoms with Crippen molar-refractivity contribution in [2.24, 2.45) is 7.05 Å². The van der Waals surface area contributed by atoms with Gasteiger partial charge in [-0.15, -0.1) is 0 Å². The summed E-state index contributed by atoms with van der Waals surface area (Å²) in [5.41, 5.74) is 3.19. The monoisotopic (exact) mass is 241 g/mol. The lowest BCUT2D eigenvalue weighted by atomic mass is 10.3. The van der Waals surface area contributed by atoms with E-state index in [2.05, 4.69) is 19.8 Å². The van der Waals surface area contributed by atoms with Gasteiger partial charge in [-0.1, -0.05) is 6.07 Å². The Morgan fingerprint density at radius 1 is 1.22 bits per heavy atom. The normalized spacial score (nSPS) is 11.0. The minimum absolute atomic E-state index is 0.716. The molecule has 1 N–H and O–H groups in total. The fraction of sp³-hybridized carbons (Fsp3) is 0.231. The van der Waals surface area contributed by atoms with Crippen LogP contribution in [0, 0.1) is 6.92 Å². The molecule has 0 atom stereocenters. The molecule has 5 heteroatoms. The zero-order valence-corrected chi connectivity index (χ0v) is 10.5. The number of rotatable bonds is 3. The molecule has 0 aliphatic carbocycles. The molecule has 0 aromatic carbocycles. The van der Waals surface area contributed by atoms with E-state index in [1.165, 1.54) is 0 Å². The lowest BCUT2D eigenvalue weighted by Gasteiger charge is -2.04. The fourth-order valence-corrected chi connectivity index (χ4v) is 2.06. The Kier molecular flexibility index (Phi) is 2.51. The maximum atomic E-state index is 4.53. The number of nitrogens with one attached hydrogen (secondary N) is 1. The van der Waals surface area contributed by atoms with Gasteiger partial charge in [-0.25, -0.2) is 4.98 Å².